The lowest BCUT2D eigenvalue weighted by molar-refractivity contribution is 0.607. The van der Waals surface area contributed by atoms with E-state index in [-0.39, 0.29) is 12.4 Å². The van der Waals surface area contributed by atoms with E-state index in [1.165, 1.54) is 11.3 Å². The van der Waals surface area contributed by atoms with Gasteiger partial charge in [-0.25, -0.2) is 18.4 Å². The lowest BCUT2D eigenvalue weighted by atomic mass is 10.1. The third kappa shape index (κ3) is 5.57. The zero-order chi connectivity index (χ0) is 17.2. The molecule has 0 atom stereocenters. The van der Waals surface area contributed by atoms with Crippen molar-refractivity contribution in [3.8, 4) is 11.3 Å². The molecule has 0 radical (unpaired) electrons. The summed E-state index contributed by atoms with van der Waals surface area (Å²) in [5.74, 6) is 0. The van der Waals surface area contributed by atoms with Crippen LogP contribution < -0.4 is 10.0 Å². The Morgan fingerprint density at radius 3 is 2.36 bits per heavy atom. The lowest BCUT2D eigenvalue weighted by Gasteiger charge is -2.04. The fraction of sp³-hybridized carbons (Fsp3) is 0.0667. The zero-order valence-corrected chi connectivity index (χ0v) is 16.1. The monoisotopic (exact) mass is 416 g/mol. The van der Waals surface area contributed by atoms with Gasteiger partial charge in [0.25, 0.3) is 0 Å². The number of hydrogen-bond acceptors (Lipinski definition) is 6. The number of pyridine rings is 1. The van der Waals surface area contributed by atoms with Gasteiger partial charge in [0.05, 0.1) is 23.8 Å². The van der Waals surface area contributed by atoms with Crippen LogP contribution in [0.2, 0.25) is 5.15 Å². The smallest absolute Gasteiger partial charge is 0.229 e. The van der Waals surface area contributed by atoms with E-state index in [1.54, 1.807) is 24.4 Å². The van der Waals surface area contributed by atoms with E-state index in [2.05, 4.69) is 20.0 Å². The molecule has 6 nitrogen and oxygen atoms in total. The van der Waals surface area contributed by atoms with Crippen molar-refractivity contribution in [3.05, 3.63) is 53.1 Å². The van der Waals surface area contributed by atoms with Crippen molar-refractivity contribution in [2.24, 2.45) is 0 Å². The molecule has 0 aliphatic carbocycles. The van der Waals surface area contributed by atoms with Crippen LogP contribution in [0.4, 0.5) is 16.5 Å². The van der Waals surface area contributed by atoms with Crippen molar-refractivity contribution in [2.75, 3.05) is 16.3 Å². The summed E-state index contributed by atoms with van der Waals surface area (Å²) in [6.45, 7) is 0. The van der Waals surface area contributed by atoms with Gasteiger partial charge in [-0.3, -0.25) is 4.72 Å². The Balaban J connectivity index is 0.00000225. The predicted molar refractivity (Wildman–Crippen MR) is 106 cm³/mol. The topological polar surface area (TPSA) is 84.0 Å². The Labute approximate surface area is 160 Å². The average Bonchev–Trinajstić information content (AvgIpc) is 2.97. The summed E-state index contributed by atoms with van der Waals surface area (Å²) in [6.07, 6.45) is 2.75. The van der Waals surface area contributed by atoms with Crippen molar-refractivity contribution < 1.29 is 8.42 Å². The van der Waals surface area contributed by atoms with Crippen molar-refractivity contribution in [2.45, 2.75) is 0 Å². The number of nitrogens with one attached hydrogen (secondary N) is 2. The first-order valence-corrected chi connectivity index (χ1v) is 9.96. The minimum absolute atomic E-state index is 0. The second-order valence-corrected chi connectivity index (χ2v) is 7.98. The molecule has 0 aliphatic rings. The van der Waals surface area contributed by atoms with Crippen LogP contribution in [0, 0.1) is 0 Å². The number of thiazole rings is 1. The van der Waals surface area contributed by atoms with Gasteiger partial charge in [-0.15, -0.1) is 23.7 Å². The van der Waals surface area contributed by atoms with Crippen molar-refractivity contribution in [1.29, 1.82) is 0 Å². The van der Waals surface area contributed by atoms with Crippen molar-refractivity contribution >= 4 is 61.9 Å². The highest BCUT2D eigenvalue weighted by atomic mass is 35.5. The molecule has 0 saturated carbocycles. The van der Waals surface area contributed by atoms with Crippen LogP contribution >= 0.6 is 35.3 Å². The van der Waals surface area contributed by atoms with Gasteiger partial charge < -0.3 is 5.32 Å². The highest BCUT2D eigenvalue weighted by Gasteiger charge is 2.07. The summed E-state index contributed by atoms with van der Waals surface area (Å²) in [7, 11) is -3.28. The Hall–Kier alpha value is -1.87. The molecule has 0 aliphatic heterocycles. The number of hydrogen-bond donors (Lipinski definition) is 2. The molecule has 0 amide bonds. The fourth-order valence-corrected chi connectivity index (χ4v) is 3.38. The summed E-state index contributed by atoms with van der Waals surface area (Å²) in [5.41, 5.74) is 3.01. The van der Waals surface area contributed by atoms with Gasteiger partial charge in [0.15, 0.2) is 5.13 Å². The standard InChI is InChI=1S/C15H13ClN4O2S2.ClH/c1-24(21,22)20-11-4-2-10(3-5-11)13-9-23-15(19-13)18-12-6-7-14(16)17-8-12;/h2-9,20H,1H3,(H,18,19);1H. The fourth-order valence-electron chi connectivity index (χ4n) is 1.96. The van der Waals surface area contributed by atoms with Crippen molar-refractivity contribution in [1.82, 2.24) is 9.97 Å². The maximum Gasteiger partial charge on any atom is 0.229 e. The highest BCUT2D eigenvalue weighted by molar-refractivity contribution is 7.92. The quantitative estimate of drug-likeness (QED) is 0.602. The van der Waals surface area contributed by atoms with E-state index < -0.39 is 10.0 Å². The molecule has 1 aromatic carbocycles. The van der Waals surface area contributed by atoms with Gasteiger partial charge in [0, 0.05) is 16.6 Å². The number of halogens is 2. The first-order valence-electron chi connectivity index (χ1n) is 6.81. The first-order chi connectivity index (χ1) is 11.4. The summed E-state index contributed by atoms with van der Waals surface area (Å²) < 4.78 is 24.8. The summed E-state index contributed by atoms with van der Waals surface area (Å²) >= 11 is 7.22. The molecular weight excluding hydrogens is 403 g/mol. The van der Waals surface area contributed by atoms with E-state index in [0.717, 1.165) is 28.3 Å². The molecule has 0 fully saturated rings. The number of nitrogens with zero attached hydrogens (tertiary/aromatic N) is 2. The largest absolute Gasteiger partial charge is 0.330 e. The van der Waals surface area contributed by atoms with E-state index in [1.807, 2.05) is 23.6 Å². The van der Waals surface area contributed by atoms with Crippen LogP contribution in [0.5, 0.6) is 0 Å². The van der Waals surface area contributed by atoms with E-state index in [9.17, 15) is 8.42 Å². The van der Waals surface area contributed by atoms with Gasteiger partial charge in [0.1, 0.15) is 5.15 Å². The maximum atomic E-state index is 11.2. The van der Waals surface area contributed by atoms with Gasteiger partial charge in [-0.05, 0) is 24.3 Å². The van der Waals surface area contributed by atoms with E-state index in [0.29, 0.717) is 10.8 Å². The minimum atomic E-state index is -3.28. The van der Waals surface area contributed by atoms with Gasteiger partial charge >= 0.3 is 0 Å². The molecular formula is C15H14Cl2N4O2S2. The van der Waals surface area contributed by atoms with Crippen LogP contribution in [0.15, 0.2) is 48.0 Å². The van der Waals surface area contributed by atoms with Crippen LogP contribution in [0.3, 0.4) is 0 Å². The molecule has 3 aromatic rings. The number of rotatable bonds is 5. The third-order valence-corrected chi connectivity index (χ3v) is 4.55. The summed E-state index contributed by atoms with van der Waals surface area (Å²) in [5, 5.41) is 6.24. The Kier molecular flexibility index (Phi) is 6.23. The normalized spacial score (nSPS) is 10.8. The zero-order valence-electron chi connectivity index (χ0n) is 12.9. The molecule has 25 heavy (non-hydrogen) atoms. The number of sulfonamides is 1. The molecule has 0 bridgehead atoms. The van der Waals surface area contributed by atoms with Crippen LogP contribution in [0.25, 0.3) is 11.3 Å². The Morgan fingerprint density at radius 1 is 1.08 bits per heavy atom. The highest BCUT2D eigenvalue weighted by Crippen LogP contribution is 2.28. The lowest BCUT2D eigenvalue weighted by Crippen LogP contribution is -2.09. The SMILES string of the molecule is CS(=O)(=O)Nc1ccc(-c2csc(Nc3ccc(Cl)nc3)n2)cc1.Cl. The third-order valence-electron chi connectivity index (χ3n) is 2.97. The molecule has 2 N–H and O–H groups in total. The number of aromatic nitrogens is 2. The van der Waals surface area contributed by atoms with Gasteiger partial charge in [-0.1, -0.05) is 23.7 Å². The first kappa shape index (κ1) is 19.5. The molecule has 10 heteroatoms. The van der Waals surface area contributed by atoms with Crippen LogP contribution in [-0.2, 0) is 10.0 Å². The molecule has 2 aromatic heterocycles. The minimum Gasteiger partial charge on any atom is -0.330 e. The molecule has 0 saturated heterocycles. The second kappa shape index (κ2) is 8.01. The van der Waals surface area contributed by atoms with Crippen molar-refractivity contribution in [3.63, 3.8) is 0 Å². The Bertz CT molecular complexity index is 942. The maximum absolute atomic E-state index is 11.2. The van der Waals surface area contributed by atoms with Crippen LogP contribution in [-0.4, -0.2) is 24.6 Å². The number of benzene rings is 1. The molecule has 0 unspecified atom stereocenters. The van der Waals surface area contributed by atoms with E-state index in [4.69, 9.17) is 11.6 Å². The average molecular weight is 417 g/mol. The molecule has 0 spiro atoms. The predicted octanol–water partition coefficient (Wildman–Crippen LogP) is 4.40. The number of anilines is 3. The van der Waals surface area contributed by atoms with Gasteiger partial charge in [-0.2, -0.15) is 0 Å². The van der Waals surface area contributed by atoms with Gasteiger partial charge in [0.2, 0.25) is 10.0 Å². The van der Waals surface area contributed by atoms with E-state index >= 15 is 0 Å². The summed E-state index contributed by atoms with van der Waals surface area (Å²) in [6, 6.07) is 10.6. The molecule has 2 heterocycles. The molecule has 3 rings (SSSR count). The Morgan fingerprint density at radius 2 is 1.76 bits per heavy atom. The molecule has 132 valence electrons. The summed E-state index contributed by atoms with van der Waals surface area (Å²) in [4.78, 5) is 8.51. The second-order valence-electron chi connectivity index (χ2n) is 4.98. The van der Waals surface area contributed by atoms with Crippen LogP contribution in [0.1, 0.15) is 0 Å².